The molecular weight excluding hydrogens is 268 g/mol. The quantitative estimate of drug-likeness (QED) is 0.746. The molecule has 1 rings (SSSR count). The van der Waals surface area contributed by atoms with Crippen molar-refractivity contribution >= 4 is 17.5 Å². The highest BCUT2D eigenvalue weighted by Crippen LogP contribution is 2.19. The van der Waals surface area contributed by atoms with Gasteiger partial charge in [0, 0.05) is 32.8 Å². The van der Waals surface area contributed by atoms with Gasteiger partial charge in [-0.2, -0.15) is 5.10 Å². The van der Waals surface area contributed by atoms with Crippen molar-refractivity contribution in [1.29, 1.82) is 0 Å². The lowest BCUT2D eigenvalue weighted by molar-refractivity contribution is -0.122. The van der Waals surface area contributed by atoms with Crippen LogP contribution in [0.3, 0.4) is 0 Å². The summed E-state index contributed by atoms with van der Waals surface area (Å²) in [5, 5.41) is 7.63. The molecule has 1 N–H and O–H groups in total. The van der Waals surface area contributed by atoms with Crippen LogP contribution < -0.4 is 5.32 Å². The molecule has 0 bridgehead atoms. The van der Waals surface area contributed by atoms with Gasteiger partial charge in [0.25, 0.3) is 0 Å². The minimum atomic E-state index is -0.0304. The second-order valence-electron chi connectivity index (χ2n) is 4.49. The molecule has 1 aromatic rings. The summed E-state index contributed by atoms with van der Waals surface area (Å²) in [5.74, 6) is -0.0304. The smallest absolute Gasteiger partial charge is 0.234 e. The number of nitrogens with zero attached hydrogens (tertiary/aromatic N) is 3. The average Bonchev–Trinajstić information content (AvgIpc) is 2.56. The minimum absolute atomic E-state index is 0.0304. The van der Waals surface area contributed by atoms with Crippen LogP contribution in [0.25, 0.3) is 0 Å². The third-order valence-corrected chi connectivity index (χ3v) is 3.21. The first-order valence-corrected chi connectivity index (χ1v) is 6.45. The Kier molecular flexibility index (Phi) is 6.27. The molecule has 19 heavy (non-hydrogen) atoms. The number of amides is 1. The molecule has 7 heteroatoms. The number of likely N-dealkylation sites (N-methyl/N-ethyl adjacent to an activating group) is 1. The van der Waals surface area contributed by atoms with Gasteiger partial charge in [0.15, 0.2) is 0 Å². The fraction of sp³-hybridized carbons (Fsp3) is 0.667. The molecule has 1 aromatic heterocycles. The lowest BCUT2D eigenvalue weighted by Crippen LogP contribution is -2.36. The number of ether oxygens (including phenoxy) is 1. The zero-order chi connectivity index (χ0) is 14.4. The maximum atomic E-state index is 11.6. The van der Waals surface area contributed by atoms with E-state index in [4.69, 9.17) is 16.3 Å². The number of halogens is 1. The van der Waals surface area contributed by atoms with Gasteiger partial charge < -0.3 is 10.1 Å². The highest BCUT2D eigenvalue weighted by molar-refractivity contribution is 6.30. The fourth-order valence-corrected chi connectivity index (χ4v) is 2.01. The molecule has 6 nitrogen and oxygen atoms in total. The van der Waals surface area contributed by atoms with Gasteiger partial charge in [-0.1, -0.05) is 11.6 Å². The molecule has 0 aromatic carbocycles. The Hall–Kier alpha value is -1.11. The first-order valence-electron chi connectivity index (χ1n) is 6.07. The third-order valence-electron chi connectivity index (χ3n) is 2.74. The minimum Gasteiger partial charge on any atom is -0.383 e. The summed E-state index contributed by atoms with van der Waals surface area (Å²) < 4.78 is 6.51. The zero-order valence-corrected chi connectivity index (χ0v) is 12.6. The van der Waals surface area contributed by atoms with Crippen LogP contribution in [0.4, 0.5) is 0 Å². The van der Waals surface area contributed by atoms with Crippen molar-refractivity contribution in [2.24, 2.45) is 7.05 Å². The molecule has 1 amide bonds. The van der Waals surface area contributed by atoms with Crippen molar-refractivity contribution in [2.45, 2.75) is 13.5 Å². The number of hydrogen-bond donors (Lipinski definition) is 1. The van der Waals surface area contributed by atoms with Crippen molar-refractivity contribution in [3.05, 3.63) is 16.4 Å². The molecule has 0 atom stereocenters. The number of carbonyl (C=O) groups excluding carboxylic acids is 1. The average molecular weight is 289 g/mol. The molecule has 0 spiro atoms. The van der Waals surface area contributed by atoms with Crippen LogP contribution in [0.1, 0.15) is 11.3 Å². The summed E-state index contributed by atoms with van der Waals surface area (Å²) in [6.07, 6.45) is 0. The maximum Gasteiger partial charge on any atom is 0.234 e. The van der Waals surface area contributed by atoms with Crippen LogP contribution in [-0.2, 0) is 23.1 Å². The Labute approximate surface area is 118 Å². The summed E-state index contributed by atoms with van der Waals surface area (Å²) in [4.78, 5) is 13.5. The Balaban J connectivity index is 2.46. The van der Waals surface area contributed by atoms with Crippen molar-refractivity contribution in [3.63, 3.8) is 0 Å². The van der Waals surface area contributed by atoms with Gasteiger partial charge in [-0.05, 0) is 14.0 Å². The number of methoxy groups -OCH3 is 1. The molecule has 108 valence electrons. The van der Waals surface area contributed by atoms with E-state index in [0.29, 0.717) is 31.4 Å². The fourth-order valence-electron chi connectivity index (χ4n) is 1.77. The summed E-state index contributed by atoms with van der Waals surface area (Å²) >= 11 is 6.15. The van der Waals surface area contributed by atoms with E-state index in [9.17, 15) is 4.79 Å². The zero-order valence-electron chi connectivity index (χ0n) is 11.9. The van der Waals surface area contributed by atoms with Gasteiger partial charge in [-0.25, -0.2) is 0 Å². The normalized spacial score (nSPS) is 11.1. The number of rotatable bonds is 7. The summed E-state index contributed by atoms with van der Waals surface area (Å²) in [6, 6.07) is 0. The van der Waals surface area contributed by atoms with Gasteiger partial charge in [0.05, 0.1) is 18.8 Å². The molecule has 0 saturated heterocycles. The van der Waals surface area contributed by atoms with Gasteiger partial charge >= 0.3 is 0 Å². The largest absolute Gasteiger partial charge is 0.383 e. The Morgan fingerprint density at radius 2 is 2.26 bits per heavy atom. The van der Waals surface area contributed by atoms with Gasteiger partial charge in [-0.3, -0.25) is 14.4 Å². The Bertz CT molecular complexity index is 434. The molecule has 0 aliphatic rings. The van der Waals surface area contributed by atoms with Crippen LogP contribution in [0.2, 0.25) is 5.15 Å². The third kappa shape index (κ3) is 4.81. The lowest BCUT2D eigenvalue weighted by atomic mass is 10.2. The van der Waals surface area contributed by atoms with Gasteiger partial charge in [-0.15, -0.1) is 0 Å². The van der Waals surface area contributed by atoms with E-state index in [1.807, 2.05) is 18.9 Å². The summed E-state index contributed by atoms with van der Waals surface area (Å²) in [7, 11) is 5.28. The number of nitrogens with one attached hydrogen (secondary N) is 1. The molecule has 0 aliphatic heterocycles. The highest BCUT2D eigenvalue weighted by Gasteiger charge is 2.14. The van der Waals surface area contributed by atoms with Crippen molar-refractivity contribution in [3.8, 4) is 0 Å². The van der Waals surface area contributed by atoms with E-state index in [1.54, 1.807) is 18.8 Å². The van der Waals surface area contributed by atoms with Crippen molar-refractivity contribution in [1.82, 2.24) is 20.0 Å². The second-order valence-corrected chi connectivity index (χ2v) is 4.85. The Morgan fingerprint density at radius 3 is 2.79 bits per heavy atom. The van der Waals surface area contributed by atoms with Crippen LogP contribution in [0, 0.1) is 6.92 Å². The monoisotopic (exact) mass is 288 g/mol. The summed E-state index contributed by atoms with van der Waals surface area (Å²) in [6.45, 7) is 3.86. The Morgan fingerprint density at radius 1 is 1.58 bits per heavy atom. The van der Waals surface area contributed by atoms with Crippen LogP contribution in [-0.4, -0.2) is 54.4 Å². The van der Waals surface area contributed by atoms with Crippen LogP contribution in [0.5, 0.6) is 0 Å². The number of hydrogen-bond acceptors (Lipinski definition) is 4. The first kappa shape index (κ1) is 15.9. The molecule has 0 radical (unpaired) electrons. The lowest BCUT2D eigenvalue weighted by Gasteiger charge is -2.16. The van der Waals surface area contributed by atoms with Crippen molar-refractivity contribution in [2.75, 3.05) is 33.9 Å². The van der Waals surface area contributed by atoms with Crippen LogP contribution in [0.15, 0.2) is 0 Å². The molecule has 1 heterocycles. The van der Waals surface area contributed by atoms with E-state index in [0.717, 1.165) is 11.3 Å². The molecule has 0 aliphatic carbocycles. The first-order chi connectivity index (χ1) is 8.95. The SMILES string of the molecule is COCCNC(=O)CN(C)Cc1c(C)nn(C)c1Cl. The van der Waals surface area contributed by atoms with Crippen molar-refractivity contribution < 1.29 is 9.53 Å². The van der Waals surface area contributed by atoms with Gasteiger partial charge in [0.1, 0.15) is 5.15 Å². The second kappa shape index (κ2) is 7.47. The van der Waals surface area contributed by atoms with E-state index in [2.05, 4.69) is 10.4 Å². The van der Waals surface area contributed by atoms with Crippen LogP contribution >= 0.6 is 11.6 Å². The van der Waals surface area contributed by atoms with Gasteiger partial charge in [0.2, 0.25) is 5.91 Å². The molecule has 0 saturated carbocycles. The predicted molar refractivity (Wildman–Crippen MR) is 74.2 cm³/mol. The van der Waals surface area contributed by atoms with E-state index < -0.39 is 0 Å². The maximum absolute atomic E-state index is 11.6. The number of aryl methyl sites for hydroxylation is 2. The molecular formula is C12H21ClN4O2. The van der Waals surface area contributed by atoms with E-state index >= 15 is 0 Å². The topological polar surface area (TPSA) is 59.4 Å². The molecule has 0 fully saturated rings. The summed E-state index contributed by atoms with van der Waals surface area (Å²) in [5.41, 5.74) is 1.84. The number of aromatic nitrogens is 2. The standard InChI is InChI=1S/C12H21ClN4O2/c1-9-10(12(13)17(3)15-9)7-16(2)8-11(18)14-5-6-19-4/h5-8H2,1-4H3,(H,14,18). The highest BCUT2D eigenvalue weighted by atomic mass is 35.5. The predicted octanol–water partition coefficient (Wildman–Crippen LogP) is 0.576. The van der Waals surface area contributed by atoms with E-state index in [1.165, 1.54) is 0 Å². The van der Waals surface area contributed by atoms with E-state index in [-0.39, 0.29) is 5.91 Å². The molecule has 0 unspecified atom stereocenters. The number of carbonyl (C=O) groups is 1.